The molecule has 2 heterocycles. The first-order valence-corrected chi connectivity index (χ1v) is 6.77. The highest BCUT2D eigenvalue weighted by molar-refractivity contribution is 5.53. The van der Waals surface area contributed by atoms with E-state index >= 15 is 0 Å². The van der Waals surface area contributed by atoms with Gasteiger partial charge in [0, 0.05) is 13.1 Å². The van der Waals surface area contributed by atoms with E-state index in [1.807, 2.05) is 23.1 Å². The van der Waals surface area contributed by atoms with Gasteiger partial charge in [-0.05, 0) is 24.0 Å². The fourth-order valence-electron chi connectivity index (χ4n) is 2.71. The summed E-state index contributed by atoms with van der Waals surface area (Å²) in [5.41, 5.74) is 1.27. The van der Waals surface area contributed by atoms with Crippen molar-refractivity contribution in [3.8, 4) is 6.07 Å². The standard InChI is InChI=1S/C15H14N4O2/c16-9-12-13(17-15(21)18-14(12)20)19-7-5-10-3-1-2-4-11(10)6-8-19/h1-4H,5-8H2,(H2,17,18,20,21). The molecule has 21 heavy (non-hydrogen) atoms. The molecule has 0 aliphatic carbocycles. The van der Waals surface area contributed by atoms with Gasteiger partial charge >= 0.3 is 5.69 Å². The number of anilines is 1. The zero-order chi connectivity index (χ0) is 14.8. The second kappa shape index (κ2) is 5.29. The van der Waals surface area contributed by atoms with Gasteiger partial charge in [-0.2, -0.15) is 5.26 Å². The molecule has 0 spiro atoms. The highest BCUT2D eigenvalue weighted by Crippen LogP contribution is 2.19. The first-order valence-electron chi connectivity index (χ1n) is 6.77. The fraction of sp³-hybridized carbons (Fsp3) is 0.267. The van der Waals surface area contributed by atoms with E-state index in [4.69, 9.17) is 5.26 Å². The highest BCUT2D eigenvalue weighted by Gasteiger charge is 2.19. The van der Waals surface area contributed by atoms with Crippen molar-refractivity contribution in [2.24, 2.45) is 0 Å². The van der Waals surface area contributed by atoms with Gasteiger partial charge in [0.25, 0.3) is 5.56 Å². The summed E-state index contributed by atoms with van der Waals surface area (Å²) >= 11 is 0. The molecule has 0 radical (unpaired) electrons. The lowest BCUT2D eigenvalue weighted by atomic mass is 10.0. The molecule has 2 N–H and O–H groups in total. The van der Waals surface area contributed by atoms with E-state index in [2.05, 4.69) is 22.1 Å². The molecular formula is C15H14N4O2. The van der Waals surface area contributed by atoms with Gasteiger partial charge in [-0.25, -0.2) is 4.79 Å². The maximum absolute atomic E-state index is 11.7. The average Bonchev–Trinajstić information content (AvgIpc) is 2.69. The number of fused-ring (bicyclic) bond motifs is 1. The molecule has 1 aliphatic rings. The molecule has 1 aromatic carbocycles. The largest absolute Gasteiger partial charge is 0.356 e. The van der Waals surface area contributed by atoms with Crippen molar-refractivity contribution in [1.29, 1.82) is 5.26 Å². The summed E-state index contributed by atoms with van der Waals surface area (Å²) in [7, 11) is 0. The van der Waals surface area contributed by atoms with Crippen molar-refractivity contribution < 1.29 is 0 Å². The van der Waals surface area contributed by atoms with Crippen LogP contribution in [0.3, 0.4) is 0 Å². The Balaban J connectivity index is 1.99. The Morgan fingerprint density at radius 1 is 1.05 bits per heavy atom. The van der Waals surface area contributed by atoms with E-state index in [-0.39, 0.29) is 5.56 Å². The summed E-state index contributed by atoms with van der Waals surface area (Å²) in [6.45, 7) is 1.32. The third kappa shape index (κ3) is 2.46. The van der Waals surface area contributed by atoms with Crippen LogP contribution in [-0.2, 0) is 12.8 Å². The van der Waals surface area contributed by atoms with Crippen molar-refractivity contribution in [3.05, 3.63) is 61.8 Å². The van der Waals surface area contributed by atoms with E-state index < -0.39 is 11.2 Å². The molecule has 0 saturated heterocycles. The number of hydrogen-bond acceptors (Lipinski definition) is 4. The van der Waals surface area contributed by atoms with Crippen LogP contribution in [0, 0.1) is 11.3 Å². The summed E-state index contributed by atoms with van der Waals surface area (Å²) in [6.07, 6.45) is 1.63. The van der Waals surface area contributed by atoms with Crippen LogP contribution in [-0.4, -0.2) is 23.1 Å². The van der Waals surface area contributed by atoms with Gasteiger partial charge in [0.2, 0.25) is 0 Å². The zero-order valence-corrected chi connectivity index (χ0v) is 11.3. The van der Waals surface area contributed by atoms with Crippen molar-refractivity contribution in [3.63, 3.8) is 0 Å². The molecule has 2 aromatic rings. The first-order chi connectivity index (χ1) is 10.2. The normalized spacial score (nSPS) is 14.1. The second-order valence-electron chi connectivity index (χ2n) is 5.00. The molecule has 3 rings (SSSR count). The molecule has 0 amide bonds. The summed E-state index contributed by atoms with van der Waals surface area (Å²) in [4.78, 5) is 29.8. The van der Waals surface area contributed by atoms with Gasteiger partial charge in [0.05, 0.1) is 0 Å². The SMILES string of the molecule is N#Cc1c(N2CCc3ccccc3CC2)[nH]c(=O)[nH]c1=O. The van der Waals surface area contributed by atoms with Crippen molar-refractivity contribution >= 4 is 5.82 Å². The monoisotopic (exact) mass is 282 g/mol. The maximum atomic E-state index is 11.7. The Kier molecular flexibility index (Phi) is 3.32. The van der Waals surface area contributed by atoms with E-state index in [1.54, 1.807) is 0 Å². The molecule has 0 bridgehead atoms. The molecule has 6 heteroatoms. The van der Waals surface area contributed by atoms with Crippen LogP contribution in [0.2, 0.25) is 0 Å². The van der Waals surface area contributed by atoms with Gasteiger partial charge in [0.1, 0.15) is 11.9 Å². The van der Waals surface area contributed by atoms with Crippen LogP contribution in [0.1, 0.15) is 16.7 Å². The molecule has 1 aliphatic heterocycles. The van der Waals surface area contributed by atoms with Crippen molar-refractivity contribution in [2.45, 2.75) is 12.8 Å². The molecule has 0 saturated carbocycles. The predicted octanol–water partition coefficient (Wildman–Crippen LogP) is 0.540. The summed E-state index contributed by atoms with van der Waals surface area (Å²) in [5, 5.41) is 9.15. The van der Waals surface area contributed by atoms with E-state index in [0.717, 1.165) is 12.8 Å². The minimum atomic E-state index is -0.641. The van der Waals surface area contributed by atoms with Gasteiger partial charge in [-0.1, -0.05) is 24.3 Å². The third-order valence-electron chi connectivity index (χ3n) is 3.77. The number of aromatic amines is 2. The molecule has 106 valence electrons. The van der Waals surface area contributed by atoms with Crippen LogP contribution >= 0.6 is 0 Å². The lowest BCUT2D eigenvalue weighted by molar-refractivity contribution is 0.779. The Hall–Kier alpha value is -2.81. The molecule has 0 fully saturated rings. The third-order valence-corrected chi connectivity index (χ3v) is 3.77. The van der Waals surface area contributed by atoms with Gasteiger partial charge in [-0.3, -0.25) is 14.8 Å². The smallest absolute Gasteiger partial charge is 0.327 e. The number of nitrogens with zero attached hydrogens (tertiary/aromatic N) is 2. The number of aromatic nitrogens is 2. The number of H-pyrrole nitrogens is 2. The zero-order valence-electron chi connectivity index (χ0n) is 11.3. The topological polar surface area (TPSA) is 92.8 Å². The lowest BCUT2D eigenvalue weighted by Crippen LogP contribution is -2.34. The Morgan fingerprint density at radius 2 is 1.67 bits per heavy atom. The Labute approximate surface area is 120 Å². The highest BCUT2D eigenvalue weighted by atomic mass is 16.2. The quantitative estimate of drug-likeness (QED) is 0.798. The average molecular weight is 282 g/mol. The Bertz CT molecular complexity index is 802. The van der Waals surface area contributed by atoms with Gasteiger partial charge in [-0.15, -0.1) is 0 Å². The molecule has 1 aromatic heterocycles. The summed E-state index contributed by atoms with van der Waals surface area (Å²) in [5.74, 6) is 0.319. The molecule has 0 atom stereocenters. The molecule has 6 nitrogen and oxygen atoms in total. The number of nitriles is 1. The number of hydrogen-bond donors (Lipinski definition) is 2. The van der Waals surface area contributed by atoms with E-state index in [0.29, 0.717) is 18.9 Å². The van der Waals surface area contributed by atoms with Crippen LogP contribution < -0.4 is 16.1 Å². The van der Waals surface area contributed by atoms with Gasteiger partial charge < -0.3 is 4.90 Å². The fourth-order valence-corrected chi connectivity index (χ4v) is 2.71. The minimum Gasteiger partial charge on any atom is -0.356 e. The molecular weight excluding hydrogens is 268 g/mol. The predicted molar refractivity (Wildman–Crippen MR) is 78.5 cm³/mol. The van der Waals surface area contributed by atoms with Crippen molar-refractivity contribution in [1.82, 2.24) is 9.97 Å². The van der Waals surface area contributed by atoms with Crippen LogP contribution in [0.25, 0.3) is 0 Å². The van der Waals surface area contributed by atoms with Crippen LogP contribution in [0.15, 0.2) is 33.9 Å². The van der Waals surface area contributed by atoms with Crippen LogP contribution in [0.5, 0.6) is 0 Å². The van der Waals surface area contributed by atoms with Crippen LogP contribution in [0.4, 0.5) is 5.82 Å². The second-order valence-corrected chi connectivity index (χ2v) is 5.00. The summed E-state index contributed by atoms with van der Waals surface area (Å²) < 4.78 is 0. The van der Waals surface area contributed by atoms with E-state index in [1.165, 1.54) is 11.1 Å². The van der Waals surface area contributed by atoms with Crippen molar-refractivity contribution in [2.75, 3.05) is 18.0 Å². The minimum absolute atomic E-state index is 0.0412. The summed E-state index contributed by atoms with van der Waals surface area (Å²) in [6, 6.07) is 10.1. The van der Waals surface area contributed by atoms with E-state index in [9.17, 15) is 9.59 Å². The van der Waals surface area contributed by atoms with Gasteiger partial charge in [0.15, 0.2) is 5.56 Å². The number of rotatable bonds is 1. The number of benzene rings is 1. The maximum Gasteiger partial charge on any atom is 0.327 e. The first kappa shape index (κ1) is 13.2. The lowest BCUT2D eigenvalue weighted by Gasteiger charge is -2.22. The molecule has 0 unspecified atom stereocenters. The Morgan fingerprint density at radius 3 is 2.24 bits per heavy atom. The number of nitrogens with one attached hydrogen (secondary N) is 2.